The summed E-state index contributed by atoms with van der Waals surface area (Å²) < 4.78 is 14.8. The maximum Gasteiger partial charge on any atom is 0.326 e. The number of ether oxygens (including phenoxy) is 2. The average Bonchev–Trinajstić information content (AvgIpc) is 4.00. The van der Waals surface area contributed by atoms with Gasteiger partial charge in [0, 0.05) is 17.7 Å². The lowest BCUT2D eigenvalue weighted by Gasteiger charge is -2.29. The van der Waals surface area contributed by atoms with Crippen LogP contribution in [-0.2, 0) is 38.8 Å². The highest BCUT2D eigenvalue weighted by Gasteiger charge is 2.38. The first-order valence-corrected chi connectivity index (χ1v) is 20.5. The van der Waals surface area contributed by atoms with Gasteiger partial charge in [-0.25, -0.2) is 9.48 Å². The second-order valence-corrected chi connectivity index (χ2v) is 15.8. The largest absolute Gasteiger partial charge is 0.492 e. The predicted molar refractivity (Wildman–Crippen MR) is 221 cm³/mol. The number of rotatable bonds is 3. The SMILES string of the molecule is CC(C)CC1NC(=O)c2ccccc2OCc2cn(nn2)CCOc2ccc(cc2)CC(C(=O)O)NC(=O)CNC(=O)C2CCCN2C1=O.Cc1csc2ccccc12. The van der Waals surface area contributed by atoms with Gasteiger partial charge in [-0.1, -0.05) is 61.5 Å². The highest BCUT2D eigenvalue weighted by molar-refractivity contribution is 7.17. The van der Waals surface area contributed by atoms with E-state index in [1.807, 2.05) is 25.2 Å². The Labute approximate surface area is 346 Å². The zero-order chi connectivity index (χ0) is 41.9. The number of nitrogens with zero attached hydrogens (tertiary/aromatic N) is 4. The summed E-state index contributed by atoms with van der Waals surface area (Å²) in [5.41, 5.74) is 2.81. The van der Waals surface area contributed by atoms with Crippen LogP contribution in [0.4, 0.5) is 0 Å². The summed E-state index contributed by atoms with van der Waals surface area (Å²) >= 11 is 1.81. The Bertz CT molecular complexity index is 2260. The van der Waals surface area contributed by atoms with Crippen molar-refractivity contribution < 1.29 is 38.6 Å². The first kappa shape index (κ1) is 42.3. The molecule has 8 rings (SSSR count). The second-order valence-electron chi connectivity index (χ2n) is 14.9. The Kier molecular flexibility index (Phi) is 14.3. The molecular weight excluding hydrogens is 775 g/mol. The summed E-state index contributed by atoms with van der Waals surface area (Å²) in [6.45, 7) is 6.56. The Morgan fingerprint density at radius 1 is 0.966 bits per heavy atom. The van der Waals surface area contributed by atoms with Gasteiger partial charge < -0.3 is 35.4 Å². The number of hydrogen-bond acceptors (Lipinski definition) is 10. The van der Waals surface area contributed by atoms with Crippen LogP contribution in [0, 0.1) is 12.8 Å². The number of carboxylic acids is 1. The molecule has 3 aliphatic heterocycles. The third-order valence-electron chi connectivity index (χ3n) is 9.93. The predicted octanol–water partition coefficient (Wildman–Crippen LogP) is 4.52. The van der Waals surface area contributed by atoms with Gasteiger partial charge >= 0.3 is 5.97 Å². The monoisotopic (exact) mass is 823 g/mol. The van der Waals surface area contributed by atoms with Gasteiger partial charge in [-0.2, -0.15) is 0 Å². The van der Waals surface area contributed by atoms with Crippen molar-refractivity contribution in [3.8, 4) is 11.5 Å². The van der Waals surface area contributed by atoms with Crippen LogP contribution >= 0.6 is 11.3 Å². The number of aromatic nitrogens is 3. The lowest BCUT2D eigenvalue weighted by molar-refractivity contribution is -0.142. The van der Waals surface area contributed by atoms with E-state index in [4.69, 9.17) is 9.47 Å². The maximum absolute atomic E-state index is 13.9. The quantitative estimate of drug-likeness (QED) is 0.201. The van der Waals surface area contributed by atoms with Gasteiger partial charge in [0.05, 0.1) is 24.8 Å². The summed E-state index contributed by atoms with van der Waals surface area (Å²) in [6.07, 6.45) is 2.98. The summed E-state index contributed by atoms with van der Waals surface area (Å²) in [5.74, 6) is -2.46. The van der Waals surface area contributed by atoms with Crippen LogP contribution in [0.5, 0.6) is 11.5 Å². The molecule has 0 spiro atoms. The van der Waals surface area contributed by atoms with Crippen LogP contribution < -0.4 is 25.4 Å². The number of nitrogens with one attached hydrogen (secondary N) is 3. The molecule has 59 heavy (non-hydrogen) atoms. The third-order valence-corrected chi connectivity index (χ3v) is 11.0. The number of benzene rings is 3. The van der Waals surface area contributed by atoms with Gasteiger partial charge in [-0.05, 0) is 84.3 Å². The number of thiophene rings is 1. The number of aliphatic carboxylic acids is 1. The average molecular weight is 824 g/mol. The number of carbonyl (C=O) groups is 5. The standard InChI is InChI=1S/C34H41N7O8.C9H8S/c1-21(2)16-26-33(45)41-13-5-7-28(41)32(44)35-18-30(42)36-27(34(46)47)17-22-9-11-24(12-10-22)48-15-14-40-19-23(38-39-40)20-49-29-8-4-3-6-25(29)31(43)37-26;1-7-6-10-9-5-3-2-4-8(7)9/h3-4,6,8-12,19,21,26-28H,5,7,13-18,20H2,1-2H3,(H,35,44)(H,36,42)(H,37,43)(H,46,47);2-6H,1H3. The van der Waals surface area contributed by atoms with E-state index in [0.717, 1.165) is 0 Å². The Balaban J connectivity index is 0.000000505. The number of fused-ring (bicyclic) bond motifs is 15. The van der Waals surface area contributed by atoms with E-state index < -0.39 is 54.3 Å². The molecule has 5 aromatic rings. The van der Waals surface area contributed by atoms with E-state index in [-0.39, 0.29) is 31.1 Å². The smallest absolute Gasteiger partial charge is 0.326 e. The molecule has 2 aromatic heterocycles. The van der Waals surface area contributed by atoms with Crippen LogP contribution in [0.3, 0.4) is 0 Å². The molecule has 3 unspecified atom stereocenters. The van der Waals surface area contributed by atoms with Crippen LogP contribution in [0.25, 0.3) is 10.1 Å². The molecule has 4 bridgehead atoms. The van der Waals surface area contributed by atoms with E-state index in [0.29, 0.717) is 55.1 Å². The topological polar surface area (TPSA) is 194 Å². The maximum atomic E-state index is 13.9. The Hall–Kier alpha value is -6.29. The first-order valence-electron chi connectivity index (χ1n) is 19.6. The summed E-state index contributed by atoms with van der Waals surface area (Å²) in [6, 6.07) is 19.0. The fourth-order valence-electron chi connectivity index (χ4n) is 6.93. The van der Waals surface area contributed by atoms with Crippen molar-refractivity contribution in [2.75, 3.05) is 19.7 Å². The highest BCUT2D eigenvalue weighted by atomic mass is 32.1. The van der Waals surface area contributed by atoms with Crippen molar-refractivity contribution >= 4 is 51.0 Å². The summed E-state index contributed by atoms with van der Waals surface area (Å²) in [5, 5.41) is 29.5. The van der Waals surface area contributed by atoms with Crippen molar-refractivity contribution in [3.63, 3.8) is 0 Å². The van der Waals surface area contributed by atoms with Gasteiger partial charge in [-0.3, -0.25) is 19.2 Å². The molecule has 4 amide bonds. The molecule has 1 saturated heterocycles. The van der Waals surface area contributed by atoms with Crippen molar-refractivity contribution in [3.05, 3.63) is 107 Å². The fourth-order valence-corrected chi connectivity index (χ4v) is 7.88. The van der Waals surface area contributed by atoms with E-state index in [9.17, 15) is 29.1 Å². The van der Waals surface area contributed by atoms with E-state index in [1.165, 1.54) is 20.5 Å². The minimum atomic E-state index is -1.24. The molecule has 4 N–H and O–H groups in total. The fraction of sp³-hybridized carbons (Fsp3) is 0.372. The van der Waals surface area contributed by atoms with Gasteiger partial charge in [0.1, 0.15) is 48.5 Å². The Morgan fingerprint density at radius 3 is 2.49 bits per heavy atom. The molecular formula is C43H49N7O8S. The Morgan fingerprint density at radius 2 is 1.73 bits per heavy atom. The second kappa shape index (κ2) is 19.9. The van der Waals surface area contributed by atoms with Crippen molar-refractivity contribution in [2.24, 2.45) is 5.92 Å². The minimum absolute atomic E-state index is 0.0108. The lowest BCUT2D eigenvalue weighted by Crippen LogP contribution is -2.55. The van der Waals surface area contributed by atoms with Crippen molar-refractivity contribution in [1.29, 1.82) is 0 Å². The third kappa shape index (κ3) is 11.4. The molecule has 0 radical (unpaired) electrons. The minimum Gasteiger partial charge on any atom is -0.492 e. The zero-order valence-electron chi connectivity index (χ0n) is 33.3. The highest BCUT2D eigenvalue weighted by Crippen LogP contribution is 2.25. The molecule has 16 heteroatoms. The van der Waals surface area contributed by atoms with Gasteiger partial charge in [0.2, 0.25) is 17.7 Å². The van der Waals surface area contributed by atoms with E-state index in [2.05, 4.69) is 62.8 Å². The normalized spacial score (nSPS) is 19.5. The lowest BCUT2D eigenvalue weighted by atomic mass is 10.0. The number of carbonyl (C=O) groups excluding carboxylic acids is 4. The molecule has 3 aromatic carbocycles. The van der Waals surface area contributed by atoms with Crippen molar-refractivity contribution in [2.45, 2.75) is 77.7 Å². The first-order chi connectivity index (χ1) is 28.4. The van der Waals surface area contributed by atoms with Gasteiger partial charge in [0.15, 0.2) is 0 Å². The van der Waals surface area contributed by atoms with Gasteiger partial charge in [0.25, 0.3) is 5.91 Å². The molecule has 15 nitrogen and oxygen atoms in total. The zero-order valence-corrected chi connectivity index (χ0v) is 34.1. The van der Waals surface area contributed by atoms with E-state index >= 15 is 0 Å². The molecule has 0 aliphatic carbocycles. The molecule has 1 fully saturated rings. The molecule has 5 heterocycles. The molecule has 0 saturated carbocycles. The number of para-hydroxylation sites is 1. The van der Waals surface area contributed by atoms with Crippen LogP contribution in [0.15, 0.2) is 84.4 Å². The van der Waals surface area contributed by atoms with Crippen LogP contribution in [0.1, 0.15) is 60.3 Å². The van der Waals surface area contributed by atoms with E-state index in [1.54, 1.807) is 59.4 Å². The summed E-state index contributed by atoms with van der Waals surface area (Å²) in [4.78, 5) is 66.8. The number of carboxylic acid groups (broad SMARTS) is 1. The van der Waals surface area contributed by atoms with Gasteiger partial charge in [-0.15, -0.1) is 16.4 Å². The molecule has 310 valence electrons. The number of aryl methyl sites for hydroxylation is 1. The van der Waals surface area contributed by atoms with Crippen LogP contribution in [0.2, 0.25) is 0 Å². The number of amides is 4. The van der Waals surface area contributed by atoms with Crippen molar-refractivity contribution in [1.82, 2.24) is 35.8 Å². The summed E-state index contributed by atoms with van der Waals surface area (Å²) in [7, 11) is 0. The van der Waals surface area contributed by atoms with Crippen LogP contribution in [-0.4, -0.2) is 92.4 Å². The molecule has 3 atom stereocenters. The molecule has 3 aliphatic rings. The number of hydrogen-bond donors (Lipinski definition) is 4.